The third kappa shape index (κ3) is 4.83. The van der Waals surface area contributed by atoms with E-state index in [0.717, 1.165) is 42.5 Å². The standard InChI is InChI=1S/C29H34FN7O3/c1-29(2)25-19(17-36(29)16-18-13-21(30)27(32-14-18)40-20-7-5-4-6-8-20)9-10-22(33-25)26-31-15-24(35(26)3)37-12-11-23(38)34-28(37)39/h9-10,13-15,20H,4-8,11-12,16-17H2,1-3H3,(H,34,38,39). The van der Waals surface area contributed by atoms with Crippen LogP contribution in [0.5, 0.6) is 5.88 Å². The average molecular weight is 548 g/mol. The number of amides is 3. The maximum Gasteiger partial charge on any atom is 0.329 e. The molecule has 5 heterocycles. The van der Waals surface area contributed by atoms with Crippen molar-refractivity contribution in [1.29, 1.82) is 0 Å². The van der Waals surface area contributed by atoms with E-state index in [9.17, 15) is 14.0 Å². The highest BCUT2D eigenvalue weighted by Gasteiger charge is 2.39. The zero-order valence-corrected chi connectivity index (χ0v) is 23.1. The maximum absolute atomic E-state index is 14.9. The number of hydrogen-bond donors (Lipinski definition) is 1. The fraction of sp³-hybridized carbons (Fsp3) is 0.483. The molecule has 3 aromatic heterocycles. The molecule has 1 saturated heterocycles. The highest BCUT2D eigenvalue weighted by Crippen LogP contribution is 2.40. The third-order valence-corrected chi connectivity index (χ3v) is 8.30. The molecule has 0 aromatic carbocycles. The van der Waals surface area contributed by atoms with Gasteiger partial charge in [0.25, 0.3) is 5.88 Å². The van der Waals surface area contributed by atoms with Crippen LogP contribution < -0.4 is 15.0 Å². The summed E-state index contributed by atoms with van der Waals surface area (Å²) in [6.45, 7) is 5.71. The predicted molar refractivity (Wildman–Crippen MR) is 146 cm³/mol. The molecule has 3 amide bonds. The van der Waals surface area contributed by atoms with Gasteiger partial charge in [0.05, 0.1) is 17.4 Å². The second-order valence-corrected chi connectivity index (χ2v) is 11.4. The monoisotopic (exact) mass is 547 g/mol. The molecule has 0 atom stereocenters. The van der Waals surface area contributed by atoms with E-state index in [1.807, 2.05) is 17.7 Å². The van der Waals surface area contributed by atoms with Crippen molar-refractivity contribution in [3.63, 3.8) is 0 Å². The van der Waals surface area contributed by atoms with Gasteiger partial charge in [-0.25, -0.2) is 24.1 Å². The molecule has 1 aliphatic carbocycles. The summed E-state index contributed by atoms with van der Waals surface area (Å²) >= 11 is 0. The van der Waals surface area contributed by atoms with Gasteiger partial charge >= 0.3 is 6.03 Å². The molecule has 3 aromatic rings. The molecule has 6 rings (SSSR count). The van der Waals surface area contributed by atoms with E-state index < -0.39 is 17.4 Å². The SMILES string of the molecule is Cn1c(N2CCC(=O)NC2=O)cnc1-c1ccc2c(n1)C(C)(C)N(Cc1cnc(OC3CCCCC3)c(F)c1)C2. The molecule has 11 heteroatoms. The van der Waals surface area contributed by atoms with E-state index in [1.165, 1.54) is 17.4 Å². The number of anilines is 1. The minimum absolute atomic E-state index is 0.0462. The Morgan fingerprint density at radius 1 is 1.12 bits per heavy atom. The summed E-state index contributed by atoms with van der Waals surface area (Å²) in [6.07, 6.45) is 8.96. The molecule has 2 fully saturated rings. The van der Waals surface area contributed by atoms with Gasteiger partial charge in [-0.15, -0.1) is 0 Å². The van der Waals surface area contributed by atoms with E-state index >= 15 is 0 Å². The van der Waals surface area contributed by atoms with E-state index in [2.05, 4.69) is 40.1 Å². The fourth-order valence-corrected chi connectivity index (χ4v) is 5.95. The van der Waals surface area contributed by atoms with Crippen LogP contribution in [0.1, 0.15) is 69.2 Å². The van der Waals surface area contributed by atoms with Crippen LogP contribution in [0.2, 0.25) is 0 Å². The molecule has 0 unspecified atom stereocenters. The molecule has 1 saturated carbocycles. The molecule has 0 radical (unpaired) electrons. The number of carbonyl (C=O) groups excluding carboxylic acids is 2. The third-order valence-electron chi connectivity index (χ3n) is 8.30. The van der Waals surface area contributed by atoms with Crippen molar-refractivity contribution in [2.24, 2.45) is 7.05 Å². The number of ether oxygens (including phenoxy) is 1. The first-order valence-electron chi connectivity index (χ1n) is 13.9. The van der Waals surface area contributed by atoms with Crippen LogP contribution in [0.4, 0.5) is 15.0 Å². The molecule has 10 nitrogen and oxygen atoms in total. The molecule has 3 aliphatic rings. The largest absolute Gasteiger partial charge is 0.472 e. The molecule has 40 heavy (non-hydrogen) atoms. The average Bonchev–Trinajstić information content (AvgIpc) is 3.42. The van der Waals surface area contributed by atoms with Gasteiger partial charge in [-0.1, -0.05) is 12.5 Å². The molecule has 0 spiro atoms. The van der Waals surface area contributed by atoms with Gasteiger partial charge in [-0.3, -0.25) is 19.9 Å². The number of imidazole rings is 1. The Bertz CT molecular complexity index is 1460. The minimum Gasteiger partial charge on any atom is -0.472 e. The van der Waals surface area contributed by atoms with Gasteiger partial charge in [0.15, 0.2) is 11.6 Å². The number of nitrogens with one attached hydrogen (secondary N) is 1. The summed E-state index contributed by atoms with van der Waals surface area (Å²) in [4.78, 5) is 41.6. The Kier molecular flexibility index (Phi) is 6.77. The number of rotatable bonds is 6. The fourth-order valence-electron chi connectivity index (χ4n) is 5.95. The lowest BCUT2D eigenvalue weighted by atomic mass is 9.98. The second-order valence-electron chi connectivity index (χ2n) is 11.4. The minimum atomic E-state index is -0.455. The summed E-state index contributed by atoms with van der Waals surface area (Å²) in [7, 11) is 1.83. The lowest BCUT2D eigenvalue weighted by Crippen LogP contribution is -2.50. The summed E-state index contributed by atoms with van der Waals surface area (Å²) in [5, 5.41) is 2.35. The van der Waals surface area contributed by atoms with Crippen molar-refractivity contribution in [2.75, 3.05) is 11.4 Å². The first-order valence-corrected chi connectivity index (χ1v) is 13.9. The van der Waals surface area contributed by atoms with Crippen LogP contribution in [0, 0.1) is 5.82 Å². The Morgan fingerprint density at radius 3 is 2.67 bits per heavy atom. The van der Waals surface area contributed by atoms with Gasteiger partial charge in [0.1, 0.15) is 17.6 Å². The van der Waals surface area contributed by atoms with Crippen molar-refractivity contribution in [3.05, 3.63) is 53.2 Å². The van der Waals surface area contributed by atoms with Crippen molar-refractivity contribution in [1.82, 2.24) is 29.7 Å². The molecular formula is C29H34FN7O3. The maximum atomic E-state index is 14.9. The van der Waals surface area contributed by atoms with E-state index in [4.69, 9.17) is 9.72 Å². The van der Waals surface area contributed by atoms with Crippen molar-refractivity contribution < 1.29 is 18.7 Å². The highest BCUT2D eigenvalue weighted by molar-refractivity contribution is 6.05. The van der Waals surface area contributed by atoms with Crippen LogP contribution in [0.25, 0.3) is 11.5 Å². The number of aromatic nitrogens is 4. The summed E-state index contributed by atoms with van der Waals surface area (Å²) in [6, 6.07) is 5.06. The zero-order chi connectivity index (χ0) is 28.0. The highest BCUT2D eigenvalue weighted by atomic mass is 19.1. The number of imide groups is 1. The quantitative estimate of drug-likeness (QED) is 0.487. The summed E-state index contributed by atoms with van der Waals surface area (Å²) in [5.41, 5.74) is 3.08. The molecule has 0 bridgehead atoms. The zero-order valence-electron chi connectivity index (χ0n) is 23.1. The Balaban J connectivity index is 1.19. The Morgan fingerprint density at radius 2 is 1.93 bits per heavy atom. The van der Waals surface area contributed by atoms with Crippen molar-refractivity contribution >= 4 is 17.8 Å². The van der Waals surface area contributed by atoms with Gasteiger partial charge in [-0.2, -0.15) is 0 Å². The molecule has 1 N–H and O–H groups in total. The van der Waals surface area contributed by atoms with Crippen LogP contribution in [0.3, 0.4) is 0 Å². The first kappa shape index (κ1) is 26.4. The van der Waals surface area contributed by atoms with Crippen LogP contribution in [-0.2, 0) is 30.5 Å². The van der Waals surface area contributed by atoms with E-state index in [-0.39, 0.29) is 24.3 Å². The number of fused-ring (bicyclic) bond motifs is 1. The predicted octanol–water partition coefficient (Wildman–Crippen LogP) is 4.42. The van der Waals surface area contributed by atoms with Crippen molar-refractivity contribution in [3.8, 4) is 17.4 Å². The lowest BCUT2D eigenvalue weighted by molar-refractivity contribution is -0.120. The number of hydrogen-bond acceptors (Lipinski definition) is 7. The molecule has 210 valence electrons. The topological polar surface area (TPSA) is 105 Å². The molecular weight excluding hydrogens is 513 g/mol. The van der Waals surface area contributed by atoms with Crippen LogP contribution in [-0.4, -0.2) is 49.0 Å². The lowest BCUT2D eigenvalue weighted by Gasteiger charge is -2.31. The summed E-state index contributed by atoms with van der Waals surface area (Å²) in [5.74, 6) is 0.604. The van der Waals surface area contributed by atoms with Gasteiger partial charge in [0, 0.05) is 39.3 Å². The second kappa shape index (κ2) is 10.3. The van der Waals surface area contributed by atoms with E-state index in [0.29, 0.717) is 37.0 Å². The van der Waals surface area contributed by atoms with Crippen LogP contribution >= 0.6 is 0 Å². The van der Waals surface area contributed by atoms with Crippen molar-refractivity contribution in [2.45, 2.75) is 77.1 Å². The number of halogens is 1. The Labute approximate surface area is 232 Å². The number of pyridine rings is 2. The van der Waals surface area contributed by atoms with Gasteiger partial charge in [0.2, 0.25) is 5.91 Å². The normalized spacial score (nSPS) is 19.6. The Hall–Kier alpha value is -3.86. The smallest absolute Gasteiger partial charge is 0.329 e. The summed E-state index contributed by atoms with van der Waals surface area (Å²) < 4.78 is 22.6. The van der Waals surface area contributed by atoms with Gasteiger partial charge in [-0.05, 0) is 62.8 Å². The molecule has 2 aliphatic heterocycles. The van der Waals surface area contributed by atoms with Crippen LogP contribution in [0.15, 0.2) is 30.6 Å². The first-order chi connectivity index (χ1) is 19.2. The van der Waals surface area contributed by atoms with Gasteiger partial charge < -0.3 is 9.30 Å². The number of urea groups is 1. The van der Waals surface area contributed by atoms with E-state index in [1.54, 1.807) is 12.4 Å². The number of nitrogens with zero attached hydrogens (tertiary/aromatic N) is 6. The number of carbonyl (C=O) groups is 2.